The first-order valence-corrected chi connectivity index (χ1v) is 11.8. The zero-order valence-corrected chi connectivity index (χ0v) is 19.1. The van der Waals surface area contributed by atoms with Gasteiger partial charge in [-0.2, -0.15) is 0 Å². The van der Waals surface area contributed by atoms with Crippen LogP contribution in [-0.2, 0) is 24.1 Å². The number of aryl methyl sites for hydroxylation is 1. The number of hydrogen-bond acceptors (Lipinski definition) is 6. The molecule has 4 rings (SSSR count). The van der Waals surface area contributed by atoms with Gasteiger partial charge in [-0.1, -0.05) is 37.3 Å². The number of H-pyrrole nitrogens is 1. The van der Waals surface area contributed by atoms with Gasteiger partial charge >= 0.3 is 0 Å². The SMILES string of the molecule is COCCCN(Cc1nc2sc3c(c2c(=O)[nH]1)CC[C@H](C)C3)C[C@@H](O)c1ccccc1. The molecule has 1 aromatic carbocycles. The van der Waals surface area contributed by atoms with E-state index in [0.717, 1.165) is 48.0 Å². The Balaban J connectivity index is 1.56. The third-order valence-corrected chi connectivity index (χ3v) is 7.17. The monoisotopic (exact) mass is 441 g/mol. The summed E-state index contributed by atoms with van der Waals surface area (Å²) in [5, 5.41) is 11.5. The molecule has 0 unspecified atom stereocenters. The molecular weight excluding hydrogens is 410 g/mol. The van der Waals surface area contributed by atoms with Crippen LogP contribution in [0.25, 0.3) is 10.2 Å². The first-order chi connectivity index (χ1) is 15.0. The lowest BCUT2D eigenvalue weighted by Gasteiger charge is -2.24. The van der Waals surface area contributed by atoms with E-state index in [-0.39, 0.29) is 5.56 Å². The molecule has 2 aromatic heterocycles. The van der Waals surface area contributed by atoms with Crippen LogP contribution in [0, 0.1) is 5.92 Å². The number of ether oxygens (including phenoxy) is 1. The number of methoxy groups -OCH3 is 1. The summed E-state index contributed by atoms with van der Waals surface area (Å²) in [6.07, 6.45) is 3.37. The molecule has 0 saturated heterocycles. The largest absolute Gasteiger partial charge is 0.387 e. The summed E-state index contributed by atoms with van der Waals surface area (Å²) in [6, 6.07) is 9.67. The third-order valence-electron chi connectivity index (χ3n) is 6.03. The number of nitrogens with zero attached hydrogens (tertiary/aromatic N) is 2. The van der Waals surface area contributed by atoms with E-state index in [1.165, 1.54) is 10.4 Å². The van der Waals surface area contributed by atoms with E-state index in [0.29, 0.717) is 31.4 Å². The van der Waals surface area contributed by atoms with Gasteiger partial charge in [0.2, 0.25) is 0 Å². The molecule has 166 valence electrons. The number of hydrogen-bond donors (Lipinski definition) is 2. The molecule has 0 aliphatic heterocycles. The molecule has 1 aliphatic carbocycles. The number of aliphatic hydroxyl groups is 1. The van der Waals surface area contributed by atoms with E-state index in [4.69, 9.17) is 9.72 Å². The fourth-order valence-electron chi connectivity index (χ4n) is 4.37. The van der Waals surface area contributed by atoms with E-state index in [1.807, 2.05) is 30.3 Å². The first-order valence-electron chi connectivity index (χ1n) is 11.0. The highest BCUT2D eigenvalue weighted by Crippen LogP contribution is 2.35. The normalized spacial score (nSPS) is 17.2. The van der Waals surface area contributed by atoms with Gasteiger partial charge in [-0.25, -0.2) is 4.98 Å². The van der Waals surface area contributed by atoms with Crippen LogP contribution in [0.15, 0.2) is 35.1 Å². The fourth-order valence-corrected chi connectivity index (χ4v) is 5.77. The van der Waals surface area contributed by atoms with E-state index in [9.17, 15) is 9.90 Å². The van der Waals surface area contributed by atoms with E-state index in [1.54, 1.807) is 18.4 Å². The number of fused-ring (bicyclic) bond motifs is 3. The Labute approximate surface area is 186 Å². The van der Waals surface area contributed by atoms with Crippen LogP contribution < -0.4 is 5.56 Å². The third kappa shape index (κ3) is 5.23. The van der Waals surface area contributed by atoms with Crippen molar-refractivity contribution >= 4 is 21.6 Å². The lowest BCUT2D eigenvalue weighted by atomic mass is 9.89. The second-order valence-corrected chi connectivity index (χ2v) is 9.64. The highest BCUT2D eigenvalue weighted by atomic mass is 32.1. The van der Waals surface area contributed by atoms with Crippen molar-refractivity contribution in [3.05, 3.63) is 62.5 Å². The number of aliphatic hydroxyl groups excluding tert-OH is 1. The van der Waals surface area contributed by atoms with Crippen LogP contribution in [0.5, 0.6) is 0 Å². The minimum absolute atomic E-state index is 0.0347. The molecule has 1 aliphatic rings. The molecule has 0 radical (unpaired) electrons. The van der Waals surface area contributed by atoms with Crippen molar-refractivity contribution in [1.82, 2.24) is 14.9 Å². The topological polar surface area (TPSA) is 78.5 Å². The minimum Gasteiger partial charge on any atom is -0.387 e. The van der Waals surface area contributed by atoms with Gasteiger partial charge in [0.15, 0.2) is 0 Å². The first kappa shape index (κ1) is 22.1. The average molecular weight is 442 g/mol. The fraction of sp³-hybridized carbons (Fsp3) is 0.500. The van der Waals surface area contributed by atoms with Gasteiger partial charge < -0.3 is 14.8 Å². The molecule has 0 saturated carbocycles. The van der Waals surface area contributed by atoms with Crippen LogP contribution in [0.4, 0.5) is 0 Å². The number of benzene rings is 1. The second-order valence-electron chi connectivity index (χ2n) is 8.55. The predicted octanol–water partition coefficient (Wildman–Crippen LogP) is 3.68. The van der Waals surface area contributed by atoms with Crippen molar-refractivity contribution in [3.63, 3.8) is 0 Å². The number of aromatic amines is 1. The molecule has 2 N–H and O–H groups in total. The summed E-state index contributed by atoms with van der Waals surface area (Å²) in [6.45, 7) is 4.62. The van der Waals surface area contributed by atoms with Crippen molar-refractivity contribution in [3.8, 4) is 0 Å². The van der Waals surface area contributed by atoms with Crippen LogP contribution in [0.2, 0.25) is 0 Å². The summed E-state index contributed by atoms with van der Waals surface area (Å²) in [5.41, 5.74) is 2.05. The highest BCUT2D eigenvalue weighted by molar-refractivity contribution is 7.18. The lowest BCUT2D eigenvalue weighted by Crippen LogP contribution is -2.31. The Morgan fingerprint density at radius 1 is 1.35 bits per heavy atom. The standard InChI is InChI=1S/C24H31N3O3S/c1-16-9-10-18-20(13-16)31-24-22(18)23(29)25-21(26-24)15-27(11-6-12-30-2)14-19(28)17-7-4-3-5-8-17/h3-5,7-8,16,19,28H,6,9-15H2,1-2H3,(H,25,26,29)/t16-,19+/m0/s1. The van der Waals surface area contributed by atoms with Gasteiger partial charge in [-0.05, 0) is 42.7 Å². The lowest BCUT2D eigenvalue weighted by molar-refractivity contribution is 0.0981. The summed E-state index contributed by atoms with van der Waals surface area (Å²) in [4.78, 5) is 25.1. The van der Waals surface area contributed by atoms with Crippen LogP contribution >= 0.6 is 11.3 Å². The van der Waals surface area contributed by atoms with E-state index < -0.39 is 6.10 Å². The average Bonchev–Trinajstić information content (AvgIpc) is 3.12. The number of aromatic nitrogens is 2. The van der Waals surface area contributed by atoms with Gasteiger partial charge in [0.1, 0.15) is 10.7 Å². The van der Waals surface area contributed by atoms with Gasteiger partial charge in [0.25, 0.3) is 5.56 Å². The summed E-state index contributed by atoms with van der Waals surface area (Å²) >= 11 is 1.67. The van der Waals surface area contributed by atoms with Gasteiger partial charge in [0.05, 0.1) is 18.0 Å². The summed E-state index contributed by atoms with van der Waals surface area (Å²) in [7, 11) is 1.69. The molecule has 7 heteroatoms. The molecule has 6 nitrogen and oxygen atoms in total. The van der Waals surface area contributed by atoms with Crippen molar-refractivity contribution in [2.45, 2.75) is 45.3 Å². The number of rotatable bonds is 9. The Morgan fingerprint density at radius 2 is 2.16 bits per heavy atom. The zero-order chi connectivity index (χ0) is 21.8. The zero-order valence-electron chi connectivity index (χ0n) is 18.3. The Morgan fingerprint density at radius 3 is 2.94 bits per heavy atom. The molecule has 0 fully saturated rings. The quantitative estimate of drug-likeness (QED) is 0.495. The minimum atomic E-state index is -0.602. The Bertz CT molecular complexity index is 1060. The Kier molecular flexibility index (Phi) is 7.17. The van der Waals surface area contributed by atoms with E-state index >= 15 is 0 Å². The Hall–Kier alpha value is -2.06. The van der Waals surface area contributed by atoms with Crippen molar-refractivity contribution in [1.29, 1.82) is 0 Å². The molecule has 31 heavy (non-hydrogen) atoms. The second kappa shape index (κ2) is 10.0. The molecular formula is C24H31N3O3S. The molecule has 0 amide bonds. The van der Waals surface area contributed by atoms with Crippen LogP contribution in [0.1, 0.15) is 47.7 Å². The molecule has 2 heterocycles. The molecule has 0 spiro atoms. The maximum absolute atomic E-state index is 12.9. The molecule has 2 atom stereocenters. The van der Waals surface area contributed by atoms with Crippen molar-refractivity contribution < 1.29 is 9.84 Å². The van der Waals surface area contributed by atoms with Crippen LogP contribution in [-0.4, -0.2) is 46.8 Å². The van der Waals surface area contributed by atoms with Gasteiger partial charge in [0, 0.05) is 31.7 Å². The van der Waals surface area contributed by atoms with Gasteiger partial charge in [-0.15, -0.1) is 11.3 Å². The summed E-state index contributed by atoms with van der Waals surface area (Å²) in [5.74, 6) is 1.32. The van der Waals surface area contributed by atoms with E-state index in [2.05, 4.69) is 16.8 Å². The highest BCUT2D eigenvalue weighted by Gasteiger charge is 2.23. The van der Waals surface area contributed by atoms with Gasteiger partial charge in [-0.3, -0.25) is 9.69 Å². The number of thiophene rings is 1. The van der Waals surface area contributed by atoms with Crippen molar-refractivity contribution in [2.75, 3.05) is 26.8 Å². The number of nitrogens with one attached hydrogen (secondary N) is 1. The maximum atomic E-state index is 12.9. The maximum Gasteiger partial charge on any atom is 0.259 e. The molecule has 0 bridgehead atoms. The summed E-state index contributed by atoms with van der Waals surface area (Å²) < 4.78 is 5.20. The van der Waals surface area contributed by atoms with Crippen LogP contribution in [0.3, 0.4) is 0 Å². The smallest absolute Gasteiger partial charge is 0.259 e. The van der Waals surface area contributed by atoms with Crippen molar-refractivity contribution in [2.24, 2.45) is 5.92 Å². The predicted molar refractivity (Wildman–Crippen MR) is 125 cm³/mol. The molecule has 3 aromatic rings.